The Kier molecular flexibility index (Phi) is 9.01. The highest BCUT2D eigenvalue weighted by Gasteiger charge is 2.40. The smallest absolute Gasteiger partial charge is 0.240 e. The molecule has 2 aromatic heterocycles. The third kappa shape index (κ3) is 6.31. The molecule has 230 valence electrons. The van der Waals surface area contributed by atoms with Crippen molar-refractivity contribution >= 4 is 29.4 Å². The number of thioether (sulfide) groups is 1. The van der Waals surface area contributed by atoms with Gasteiger partial charge in [-0.3, -0.25) is 19.5 Å². The number of nitrogens with zero attached hydrogens (tertiary/aromatic N) is 4. The van der Waals surface area contributed by atoms with E-state index in [1.165, 1.54) is 11.8 Å². The molecule has 0 radical (unpaired) electrons. The van der Waals surface area contributed by atoms with E-state index in [9.17, 15) is 9.59 Å². The van der Waals surface area contributed by atoms with Crippen molar-refractivity contribution in [1.29, 1.82) is 0 Å². The summed E-state index contributed by atoms with van der Waals surface area (Å²) in [5.41, 5.74) is 6.28. The molecule has 2 amide bonds. The van der Waals surface area contributed by atoms with E-state index in [2.05, 4.69) is 37.1 Å². The van der Waals surface area contributed by atoms with E-state index in [-0.39, 0.29) is 34.8 Å². The van der Waals surface area contributed by atoms with Gasteiger partial charge in [0.2, 0.25) is 11.8 Å². The first-order valence-electron chi connectivity index (χ1n) is 14.5. The van der Waals surface area contributed by atoms with Crippen LogP contribution in [0.3, 0.4) is 0 Å². The van der Waals surface area contributed by atoms with Crippen LogP contribution >= 0.6 is 11.8 Å². The summed E-state index contributed by atoms with van der Waals surface area (Å²) in [4.78, 5) is 33.1. The number of nitrogens with one attached hydrogen (secondary N) is 1. The number of carbonyl (C=O) groups is 2. The molecule has 1 unspecified atom stereocenters. The maximum absolute atomic E-state index is 14.0. The van der Waals surface area contributed by atoms with Gasteiger partial charge in [0.1, 0.15) is 12.4 Å². The van der Waals surface area contributed by atoms with Crippen molar-refractivity contribution in [2.75, 3.05) is 31.4 Å². The summed E-state index contributed by atoms with van der Waals surface area (Å²) in [6, 6.07) is 15.7. The van der Waals surface area contributed by atoms with Crippen LogP contribution in [0.15, 0.2) is 60.9 Å². The van der Waals surface area contributed by atoms with Crippen molar-refractivity contribution in [2.45, 2.75) is 51.8 Å². The fourth-order valence-corrected chi connectivity index (χ4v) is 6.65. The summed E-state index contributed by atoms with van der Waals surface area (Å²) in [7, 11) is 3.22. The third-order valence-corrected chi connectivity index (χ3v) is 8.89. The summed E-state index contributed by atoms with van der Waals surface area (Å²) >= 11 is 1.53. The lowest BCUT2D eigenvalue weighted by Gasteiger charge is -2.25. The number of rotatable bonds is 8. The summed E-state index contributed by atoms with van der Waals surface area (Å²) in [5.74, 6) is 1.60. The van der Waals surface area contributed by atoms with Crippen molar-refractivity contribution in [3.05, 3.63) is 94.4 Å². The number of benzene rings is 2. The molecule has 1 aliphatic rings. The summed E-state index contributed by atoms with van der Waals surface area (Å²) in [6.07, 6.45) is 3.38. The number of fused-ring (bicyclic) bond motifs is 1. The van der Waals surface area contributed by atoms with E-state index in [1.807, 2.05) is 61.0 Å². The molecule has 0 fully saturated rings. The Morgan fingerprint density at radius 1 is 1.02 bits per heavy atom. The predicted octanol–water partition coefficient (Wildman–Crippen LogP) is 5.68. The van der Waals surface area contributed by atoms with Crippen LogP contribution in [0.5, 0.6) is 11.5 Å². The molecular weight excluding hydrogens is 574 g/mol. The number of pyridine rings is 1. The quantitative estimate of drug-likeness (QED) is 0.273. The monoisotopic (exact) mass is 613 g/mol. The van der Waals surface area contributed by atoms with Crippen molar-refractivity contribution < 1.29 is 19.1 Å². The van der Waals surface area contributed by atoms with Gasteiger partial charge in [-0.25, -0.2) is 4.68 Å². The lowest BCUT2D eigenvalue weighted by molar-refractivity contribution is -0.123. The first-order chi connectivity index (χ1) is 21.0. The molecule has 10 heteroatoms. The number of aromatic nitrogens is 3. The molecule has 5 rings (SSSR count). The Morgan fingerprint density at radius 3 is 2.41 bits per heavy atom. The van der Waals surface area contributed by atoms with E-state index >= 15 is 0 Å². The Balaban J connectivity index is 1.69. The average Bonchev–Trinajstić information content (AvgIpc) is 3.33. The van der Waals surface area contributed by atoms with Crippen LogP contribution < -0.4 is 19.7 Å². The summed E-state index contributed by atoms with van der Waals surface area (Å²) < 4.78 is 13.0. The zero-order chi connectivity index (χ0) is 31.6. The Morgan fingerprint density at radius 2 is 1.75 bits per heavy atom. The van der Waals surface area contributed by atoms with Crippen LogP contribution in [0, 0.1) is 13.8 Å². The first kappa shape index (κ1) is 31.1. The SMILES string of the molecule is COc1ccc(C2SCC(=O)N(CC(=O)NCc3ccncc3)c3c2c(C(C)(C)C)nn3-c2ccc(C)cc2C)cc1OC. The van der Waals surface area contributed by atoms with Crippen LogP contribution in [0.4, 0.5) is 5.82 Å². The van der Waals surface area contributed by atoms with Gasteiger partial charge < -0.3 is 14.8 Å². The minimum absolute atomic E-state index is 0.143. The number of amides is 2. The van der Waals surface area contributed by atoms with Crippen LogP contribution in [0.25, 0.3) is 5.69 Å². The van der Waals surface area contributed by atoms with Gasteiger partial charge in [0.15, 0.2) is 11.5 Å². The normalized spacial score (nSPS) is 15.0. The van der Waals surface area contributed by atoms with Gasteiger partial charge in [0.05, 0.1) is 36.6 Å². The molecule has 44 heavy (non-hydrogen) atoms. The van der Waals surface area contributed by atoms with Crippen LogP contribution in [-0.4, -0.2) is 53.1 Å². The summed E-state index contributed by atoms with van der Waals surface area (Å²) in [6.45, 7) is 10.6. The number of methoxy groups -OCH3 is 2. The topological polar surface area (TPSA) is 98.6 Å². The lowest BCUT2D eigenvalue weighted by Crippen LogP contribution is -2.42. The highest BCUT2D eigenvalue weighted by molar-refractivity contribution is 8.00. The molecular formula is C34H39N5O4S. The molecule has 0 saturated heterocycles. The van der Waals surface area contributed by atoms with E-state index in [0.29, 0.717) is 23.9 Å². The molecule has 3 heterocycles. The number of hydrogen-bond acceptors (Lipinski definition) is 7. The maximum Gasteiger partial charge on any atom is 0.240 e. The lowest BCUT2D eigenvalue weighted by atomic mass is 9.87. The second-order valence-electron chi connectivity index (χ2n) is 12.0. The second-order valence-corrected chi connectivity index (χ2v) is 13.0. The van der Waals surface area contributed by atoms with E-state index in [4.69, 9.17) is 14.6 Å². The molecule has 9 nitrogen and oxygen atoms in total. The van der Waals surface area contributed by atoms with E-state index in [0.717, 1.165) is 39.2 Å². The van der Waals surface area contributed by atoms with Crippen LogP contribution in [0.2, 0.25) is 0 Å². The average molecular weight is 614 g/mol. The van der Waals surface area contributed by atoms with E-state index < -0.39 is 0 Å². The highest BCUT2D eigenvalue weighted by atomic mass is 32.2. The van der Waals surface area contributed by atoms with E-state index in [1.54, 1.807) is 31.5 Å². The van der Waals surface area contributed by atoms with Gasteiger partial charge in [-0.15, -0.1) is 11.8 Å². The fourth-order valence-electron chi connectivity index (χ4n) is 5.46. The minimum atomic E-state index is -0.369. The molecule has 0 saturated carbocycles. The standard InChI is InChI=1S/C34H39N5O4S/c1-21-8-10-25(22(2)16-21)39-33-30(32(37-39)34(3,4)5)31(24-9-11-26(42-6)27(17-24)43-7)44-20-29(41)38(33)19-28(40)36-18-23-12-14-35-15-13-23/h8-17,31H,18-20H2,1-7H3,(H,36,40). The van der Waals surface area contributed by atoms with Crippen molar-refractivity contribution in [1.82, 2.24) is 20.1 Å². The summed E-state index contributed by atoms with van der Waals surface area (Å²) in [5, 5.41) is 7.94. The molecule has 1 atom stereocenters. The number of aryl methyl sites for hydroxylation is 2. The molecule has 0 aliphatic carbocycles. The first-order valence-corrected chi connectivity index (χ1v) is 15.6. The van der Waals surface area contributed by atoms with Gasteiger partial charge in [-0.2, -0.15) is 5.10 Å². The van der Waals surface area contributed by atoms with Gasteiger partial charge in [-0.05, 0) is 60.9 Å². The third-order valence-electron chi connectivity index (χ3n) is 7.63. The Hall–Kier alpha value is -4.31. The van der Waals surface area contributed by atoms with Crippen molar-refractivity contribution in [3.8, 4) is 17.2 Å². The maximum atomic E-state index is 14.0. The minimum Gasteiger partial charge on any atom is -0.493 e. The molecule has 0 bridgehead atoms. The van der Waals surface area contributed by atoms with Crippen LogP contribution in [-0.2, 0) is 21.5 Å². The molecule has 1 aliphatic heterocycles. The number of anilines is 1. The highest BCUT2D eigenvalue weighted by Crippen LogP contribution is 2.49. The van der Waals surface area contributed by atoms with Crippen molar-refractivity contribution in [2.24, 2.45) is 0 Å². The molecule has 4 aromatic rings. The second kappa shape index (κ2) is 12.7. The largest absolute Gasteiger partial charge is 0.493 e. The molecule has 0 spiro atoms. The van der Waals surface area contributed by atoms with Gasteiger partial charge in [0.25, 0.3) is 0 Å². The number of ether oxygens (including phenoxy) is 2. The number of carbonyl (C=O) groups excluding carboxylic acids is 2. The molecule has 2 aromatic carbocycles. The number of hydrogen-bond donors (Lipinski definition) is 1. The Bertz CT molecular complexity index is 1680. The van der Waals surface area contributed by atoms with Gasteiger partial charge in [0, 0.05) is 29.9 Å². The van der Waals surface area contributed by atoms with Gasteiger partial charge >= 0.3 is 0 Å². The zero-order valence-electron chi connectivity index (χ0n) is 26.3. The predicted molar refractivity (Wildman–Crippen MR) is 174 cm³/mol. The fraction of sp³-hybridized carbons (Fsp3) is 0.353. The Labute approximate surface area is 263 Å². The molecule has 1 N–H and O–H groups in total. The zero-order valence-corrected chi connectivity index (χ0v) is 27.1. The van der Waals surface area contributed by atoms with Crippen LogP contribution in [0.1, 0.15) is 59.5 Å². The van der Waals surface area contributed by atoms with Crippen molar-refractivity contribution in [3.63, 3.8) is 0 Å². The van der Waals surface area contributed by atoms with Gasteiger partial charge in [-0.1, -0.05) is 44.5 Å².